The standard InChI is InChI=1S/C10H15NO2S.ClH/c1-3-5-8-9(11)7(6-14-8)10(12)13-4-2;/h6H,3-5,11H2,1-2H3;1H. The Morgan fingerprint density at radius 2 is 2.20 bits per heavy atom. The largest absolute Gasteiger partial charge is 0.462 e. The van der Waals surface area contributed by atoms with Crippen molar-refractivity contribution in [2.75, 3.05) is 12.3 Å². The predicted octanol–water partition coefficient (Wildman–Crippen LogP) is 2.88. The lowest BCUT2D eigenvalue weighted by Crippen LogP contribution is -2.06. The monoisotopic (exact) mass is 249 g/mol. The zero-order chi connectivity index (χ0) is 10.6. The van der Waals surface area contributed by atoms with Gasteiger partial charge in [-0.25, -0.2) is 4.79 Å². The van der Waals surface area contributed by atoms with Gasteiger partial charge >= 0.3 is 5.97 Å². The van der Waals surface area contributed by atoms with Gasteiger partial charge in [-0.05, 0) is 13.3 Å². The van der Waals surface area contributed by atoms with Crippen molar-refractivity contribution in [3.05, 3.63) is 15.8 Å². The van der Waals surface area contributed by atoms with Crippen LogP contribution < -0.4 is 5.73 Å². The molecule has 1 aromatic rings. The molecule has 1 heterocycles. The van der Waals surface area contributed by atoms with E-state index in [0.29, 0.717) is 17.9 Å². The van der Waals surface area contributed by atoms with Crippen molar-refractivity contribution in [1.29, 1.82) is 0 Å². The van der Waals surface area contributed by atoms with Gasteiger partial charge in [0.25, 0.3) is 0 Å². The van der Waals surface area contributed by atoms with Gasteiger partial charge in [-0.2, -0.15) is 0 Å². The minimum Gasteiger partial charge on any atom is -0.462 e. The van der Waals surface area contributed by atoms with Crippen LogP contribution in [0.5, 0.6) is 0 Å². The van der Waals surface area contributed by atoms with Crippen LogP contribution in [-0.4, -0.2) is 12.6 Å². The van der Waals surface area contributed by atoms with E-state index >= 15 is 0 Å². The second kappa shape index (κ2) is 6.69. The summed E-state index contributed by atoms with van der Waals surface area (Å²) in [6.07, 6.45) is 1.96. The maximum absolute atomic E-state index is 11.4. The van der Waals surface area contributed by atoms with Gasteiger partial charge in [0, 0.05) is 10.3 Å². The Balaban J connectivity index is 0.00000196. The van der Waals surface area contributed by atoms with E-state index in [1.807, 2.05) is 0 Å². The molecule has 0 aromatic carbocycles. The third kappa shape index (κ3) is 3.39. The maximum atomic E-state index is 11.4. The lowest BCUT2D eigenvalue weighted by Gasteiger charge is -2.01. The van der Waals surface area contributed by atoms with Gasteiger partial charge < -0.3 is 10.5 Å². The zero-order valence-electron chi connectivity index (χ0n) is 8.91. The molecular formula is C10H16ClNO2S. The first-order chi connectivity index (χ1) is 6.70. The highest BCUT2D eigenvalue weighted by Crippen LogP contribution is 2.26. The molecule has 0 fully saturated rings. The average molecular weight is 250 g/mol. The van der Waals surface area contributed by atoms with Gasteiger partial charge in [0.2, 0.25) is 0 Å². The second-order valence-corrected chi connectivity index (χ2v) is 3.92. The van der Waals surface area contributed by atoms with E-state index in [4.69, 9.17) is 10.5 Å². The number of hydrogen-bond donors (Lipinski definition) is 1. The SMILES string of the molecule is CCCc1scc(C(=O)OCC)c1N.Cl. The summed E-state index contributed by atoms with van der Waals surface area (Å²) in [4.78, 5) is 12.5. The predicted molar refractivity (Wildman–Crippen MR) is 65.9 cm³/mol. The van der Waals surface area contributed by atoms with E-state index in [1.165, 1.54) is 11.3 Å². The summed E-state index contributed by atoms with van der Waals surface area (Å²) in [6, 6.07) is 0. The van der Waals surface area contributed by atoms with Gasteiger partial charge in [-0.1, -0.05) is 13.3 Å². The summed E-state index contributed by atoms with van der Waals surface area (Å²) in [7, 11) is 0. The van der Waals surface area contributed by atoms with E-state index in [9.17, 15) is 4.79 Å². The first-order valence-electron chi connectivity index (χ1n) is 4.73. The lowest BCUT2D eigenvalue weighted by molar-refractivity contribution is 0.0528. The van der Waals surface area contributed by atoms with E-state index < -0.39 is 0 Å². The van der Waals surface area contributed by atoms with Crippen LogP contribution in [0.2, 0.25) is 0 Å². The highest BCUT2D eigenvalue weighted by Gasteiger charge is 2.15. The number of thiophene rings is 1. The van der Waals surface area contributed by atoms with E-state index in [-0.39, 0.29) is 18.4 Å². The number of esters is 1. The highest BCUT2D eigenvalue weighted by atomic mass is 35.5. The molecule has 0 saturated carbocycles. The van der Waals surface area contributed by atoms with Gasteiger partial charge in [0.1, 0.15) is 0 Å². The van der Waals surface area contributed by atoms with Crippen molar-refractivity contribution in [2.45, 2.75) is 26.7 Å². The van der Waals surface area contributed by atoms with Crippen molar-refractivity contribution in [3.8, 4) is 0 Å². The van der Waals surface area contributed by atoms with Crippen molar-refractivity contribution < 1.29 is 9.53 Å². The van der Waals surface area contributed by atoms with Gasteiger partial charge in [0.15, 0.2) is 0 Å². The highest BCUT2D eigenvalue weighted by molar-refractivity contribution is 7.10. The Morgan fingerprint density at radius 3 is 2.73 bits per heavy atom. The molecular weight excluding hydrogens is 234 g/mol. The first kappa shape index (κ1) is 14.3. The maximum Gasteiger partial charge on any atom is 0.341 e. The zero-order valence-corrected chi connectivity index (χ0v) is 10.5. The molecule has 0 saturated heterocycles. The molecule has 0 aliphatic rings. The van der Waals surface area contributed by atoms with Gasteiger partial charge in [0.05, 0.1) is 17.9 Å². The molecule has 3 nitrogen and oxygen atoms in total. The number of halogens is 1. The third-order valence-electron chi connectivity index (χ3n) is 1.88. The number of rotatable bonds is 4. The number of ether oxygens (including phenoxy) is 1. The molecule has 0 radical (unpaired) electrons. The number of nitrogen functional groups attached to an aromatic ring is 1. The van der Waals surface area contributed by atoms with Crippen LogP contribution in [-0.2, 0) is 11.2 Å². The van der Waals surface area contributed by atoms with Crippen molar-refractivity contribution in [1.82, 2.24) is 0 Å². The topological polar surface area (TPSA) is 52.3 Å². The van der Waals surface area contributed by atoms with Gasteiger partial charge in [-0.3, -0.25) is 0 Å². The van der Waals surface area contributed by atoms with Crippen molar-refractivity contribution >= 4 is 35.4 Å². The fraction of sp³-hybridized carbons (Fsp3) is 0.500. The molecule has 2 N–H and O–H groups in total. The van der Waals surface area contributed by atoms with E-state index in [1.54, 1.807) is 12.3 Å². The minimum atomic E-state index is -0.316. The smallest absolute Gasteiger partial charge is 0.341 e. The van der Waals surface area contributed by atoms with Crippen LogP contribution >= 0.6 is 23.7 Å². The lowest BCUT2D eigenvalue weighted by atomic mass is 10.2. The summed E-state index contributed by atoms with van der Waals surface area (Å²) in [5, 5.41) is 1.78. The second-order valence-electron chi connectivity index (χ2n) is 2.96. The van der Waals surface area contributed by atoms with E-state index in [2.05, 4.69) is 6.92 Å². The van der Waals surface area contributed by atoms with Crippen LogP contribution in [0, 0.1) is 0 Å². The molecule has 1 rings (SSSR count). The molecule has 1 aromatic heterocycles. The molecule has 0 aliphatic heterocycles. The summed E-state index contributed by atoms with van der Waals surface area (Å²) < 4.78 is 4.89. The average Bonchev–Trinajstić information content (AvgIpc) is 2.49. The number of hydrogen-bond acceptors (Lipinski definition) is 4. The normalized spacial score (nSPS) is 9.47. The molecule has 0 aliphatic carbocycles. The molecule has 5 heteroatoms. The molecule has 0 spiro atoms. The molecule has 86 valence electrons. The minimum absolute atomic E-state index is 0. The summed E-state index contributed by atoms with van der Waals surface area (Å²) in [5.74, 6) is -0.316. The number of carbonyl (C=O) groups is 1. The summed E-state index contributed by atoms with van der Waals surface area (Å²) in [5.41, 5.74) is 6.94. The molecule has 0 amide bonds. The number of carbonyl (C=O) groups excluding carboxylic acids is 1. The fourth-order valence-corrected chi connectivity index (χ4v) is 2.24. The van der Waals surface area contributed by atoms with Crippen LogP contribution in [0.1, 0.15) is 35.5 Å². The Morgan fingerprint density at radius 1 is 1.53 bits per heavy atom. The van der Waals surface area contributed by atoms with Crippen LogP contribution in [0.15, 0.2) is 5.38 Å². The Bertz CT molecular complexity index is 325. The van der Waals surface area contributed by atoms with Crippen molar-refractivity contribution in [2.24, 2.45) is 0 Å². The molecule has 0 bridgehead atoms. The van der Waals surface area contributed by atoms with Crippen LogP contribution in [0.3, 0.4) is 0 Å². The number of nitrogens with two attached hydrogens (primary N) is 1. The Labute approximate surface area is 100 Å². The quantitative estimate of drug-likeness (QED) is 0.835. The third-order valence-corrected chi connectivity index (χ3v) is 2.94. The number of anilines is 1. The molecule has 0 unspecified atom stereocenters. The van der Waals surface area contributed by atoms with Crippen LogP contribution in [0.4, 0.5) is 5.69 Å². The van der Waals surface area contributed by atoms with Crippen LogP contribution in [0.25, 0.3) is 0 Å². The summed E-state index contributed by atoms with van der Waals surface area (Å²) in [6.45, 7) is 4.26. The Kier molecular flexibility index (Phi) is 6.36. The fourth-order valence-electron chi connectivity index (χ4n) is 1.19. The summed E-state index contributed by atoms with van der Waals surface area (Å²) >= 11 is 1.53. The van der Waals surface area contributed by atoms with Crippen molar-refractivity contribution in [3.63, 3.8) is 0 Å². The Hall–Kier alpha value is -0.740. The van der Waals surface area contributed by atoms with Gasteiger partial charge in [-0.15, -0.1) is 23.7 Å². The molecule has 0 atom stereocenters. The van der Waals surface area contributed by atoms with E-state index in [0.717, 1.165) is 17.7 Å². The number of aryl methyl sites for hydroxylation is 1. The first-order valence-corrected chi connectivity index (χ1v) is 5.61. The molecule has 15 heavy (non-hydrogen) atoms.